The van der Waals surface area contributed by atoms with Crippen molar-refractivity contribution in [1.82, 2.24) is 4.57 Å². The van der Waals surface area contributed by atoms with Crippen LogP contribution in [0, 0.1) is 0 Å². The standard InChI is InChI=1S/C39H25N3/c40-33-18-7-8-19-34(33)41-37-26-14-9-13-25-28-20-27-24-12-3-6-17-31(24)39(32(27)21-35(28)42(36(25)26)38(37)41)29-15-4-1-10-22(29)23-11-2-5-16-30(23)39/h1-21,37-38H,40H2/t37?,38-,41?/m1/s1. The van der Waals surface area contributed by atoms with Crippen LogP contribution < -0.4 is 10.6 Å². The molecule has 3 heterocycles. The molecule has 1 spiro atoms. The van der Waals surface area contributed by atoms with Gasteiger partial charge >= 0.3 is 0 Å². The average molecular weight is 536 g/mol. The molecule has 2 aliphatic carbocycles. The summed E-state index contributed by atoms with van der Waals surface area (Å²) in [6.07, 6.45) is 0.244. The first-order valence-electron chi connectivity index (χ1n) is 14.8. The Morgan fingerprint density at radius 2 is 1.17 bits per heavy atom. The fourth-order valence-electron chi connectivity index (χ4n) is 9.03. The van der Waals surface area contributed by atoms with Crippen LogP contribution >= 0.6 is 0 Å². The second-order valence-electron chi connectivity index (χ2n) is 12.2. The van der Waals surface area contributed by atoms with Gasteiger partial charge in [-0.3, -0.25) is 0 Å². The van der Waals surface area contributed by atoms with Crippen molar-refractivity contribution in [2.24, 2.45) is 0 Å². The van der Waals surface area contributed by atoms with Gasteiger partial charge in [0, 0.05) is 16.3 Å². The fraction of sp³-hybridized carbons (Fsp3) is 0.0769. The van der Waals surface area contributed by atoms with Gasteiger partial charge in [-0.15, -0.1) is 0 Å². The van der Waals surface area contributed by atoms with Crippen molar-refractivity contribution in [3.05, 3.63) is 155 Å². The molecular weight excluding hydrogens is 510 g/mol. The van der Waals surface area contributed by atoms with Gasteiger partial charge in [-0.2, -0.15) is 0 Å². The molecule has 0 amide bonds. The second-order valence-corrected chi connectivity index (χ2v) is 12.2. The summed E-state index contributed by atoms with van der Waals surface area (Å²) < 4.78 is 2.61. The lowest BCUT2D eigenvalue weighted by molar-refractivity contribution is 0.786. The highest BCUT2D eigenvalue weighted by atomic mass is 15.5. The molecule has 1 aromatic heterocycles. The molecule has 0 saturated carbocycles. The van der Waals surface area contributed by atoms with Crippen LogP contribution in [0.4, 0.5) is 11.4 Å². The van der Waals surface area contributed by atoms with Gasteiger partial charge in [-0.25, -0.2) is 0 Å². The van der Waals surface area contributed by atoms with Crippen LogP contribution in [-0.4, -0.2) is 4.57 Å². The first-order chi connectivity index (χ1) is 20.8. The topological polar surface area (TPSA) is 34.0 Å². The normalized spacial score (nSPS) is 19.2. The predicted octanol–water partition coefficient (Wildman–Crippen LogP) is 8.79. The number of benzene rings is 6. The molecule has 42 heavy (non-hydrogen) atoms. The molecule has 3 nitrogen and oxygen atoms in total. The van der Waals surface area contributed by atoms with Crippen LogP contribution in [-0.2, 0) is 5.41 Å². The first-order valence-corrected chi connectivity index (χ1v) is 14.8. The number of hydrogen-bond donors (Lipinski definition) is 1. The van der Waals surface area contributed by atoms with Gasteiger partial charge in [0.2, 0.25) is 0 Å². The highest BCUT2D eigenvalue weighted by Crippen LogP contribution is 2.66. The van der Waals surface area contributed by atoms with E-state index in [9.17, 15) is 0 Å². The van der Waals surface area contributed by atoms with Gasteiger partial charge in [0.15, 0.2) is 0 Å². The Labute approximate surface area is 243 Å². The van der Waals surface area contributed by atoms with E-state index in [1.54, 1.807) is 0 Å². The minimum Gasteiger partial charge on any atom is -0.397 e. The zero-order valence-corrected chi connectivity index (χ0v) is 22.8. The number of nitrogens with zero attached hydrogens (tertiary/aromatic N) is 2. The summed E-state index contributed by atoms with van der Waals surface area (Å²) in [7, 11) is 0. The van der Waals surface area contributed by atoms with E-state index < -0.39 is 0 Å². The van der Waals surface area contributed by atoms with Crippen LogP contribution in [0.3, 0.4) is 0 Å². The molecule has 196 valence electrons. The SMILES string of the molecule is Nc1ccccc1N1C2c3cccc4c5cc6c(cc5n(c34)[C@H]21)C1(c2ccccc2-c2ccccc21)c1ccccc1-6. The van der Waals surface area contributed by atoms with Gasteiger partial charge in [0.25, 0.3) is 0 Å². The molecule has 1 fully saturated rings. The first kappa shape index (κ1) is 21.5. The van der Waals surface area contributed by atoms with E-state index in [0.29, 0.717) is 6.04 Å². The molecule has 2 N–H and O–H groups in total. The minimum absolute atomic E-state index is 0.244. The number of aromatic nitrogens is 1. The largest absolute Gasteiger partial charge is 0.397 e. The molecule has 6 aromatic carbocycles. The number of hydrogen-bond acceptors (Lipinski definition) is 2. The molecule has 2 atom stereocenters. The summed E-state index contributed by atoms with van der Waals surface area (Å²) >= 11 is 0. The fourth-order valence-corrected chi connectivity index (χ4v) is 9.03. The predicted molar refractivity (Wildman–Crippen MR) is 171 cm³/mol. The Balaban J connectivity index is 1.26. The Hall–Kier alpha value is -5.28. The third-order valence-electron chi connectivity index (χ3n) is 10.5. The molecular formula is C39H25N3. The van der Waals surface area contributed by atoms with Crippen molar-refractivity contribution in [1.29, 1.82) is 0 Å². The smallest absolute Gasteiger partial charge is 0.132 e. The van der Waals surface area contributed by atoms with Crippen LogP contribution in [0.2, 0.25) is 0 Å². The maximum Gasteiger partial charge on any atom is 0.132 e. The van der Waals surface area contributed by atoms with Crippen molar-refractivity contribution in [3.8, 4) is 22.3 Å². The highest BCUT2D eigenvalue weighted by Gasteiger charge is 2.57. The highest BCUT2D eigenvalue weighted by molar-refractivity contribution is 6.14. The molecule has 3 heteroatoms. The number of nitrogens with two attached hydrogens (primary N) is 1. The lowest BCUT2D eigenvalue weighted by Gasteiger charge is -2.30. The summed E-state index contributed by atoms with van der Waals surface area (Å²) in [4.78, 5) is 2.49. The van der Waals surface area contributed by atoms with E-state index in [0.717, 1.165) is 11.4 Å². The molecule has 1 unspecified atom stereocenters. The zero-order chi connectivity index (χ0) is 27.3. The number of nitrogen functional groups attached to an aromatic ring is 1. The Morgan fingerprint density at radius 1 is 0.548 bits per heavy atom. The molecule has 11 rings (SSSR count). The van der Waals surface area contributed by atoms with Crippen LogP contribution in [0.1, 0.15) is 40.0 Å². The van der Waals surface area contributed by atoms with E-state index in [2.05, 4.69) is 125 Å². The lowest BCUT2D eigenvalue weighted by atomic mass is 9.70. The lowest BCUT2D eigenvalue weighted by Crippen LogP contribution is -2.25. The van der Waals surface area contributed by atoms with Crippen molar-refractivity contribution >= 4 is 33.2 Å². The Bertz CT molecular complexity index is 2310. The summed E-state index contributed by atoms with van der Waals surface area (Å²) in [5.41, 5.74) is 23.2. The molecule has 7 aromatic rings. The van der Waals surface area contributed by atoms with E-state index in [-0.39, 0.29) is 11.6 Å². The molecule has 4 aliphatic rings. The summed E-state index contributed by atoms with van der Waals surface area (Å²) in [6, 6.07) is 47.7. The third-order valence-corrected chi connectivity index (χ3v) is 10.5. The van der Waals surface area contributed by atoms with Gasteiger partial charge in [0.05, 0.1) is 33.9 Å². The Kier molecular flexibility index (Phi) is 3.55. The van der Waals surface area contributed by atoms with E-state index in [1.807, 2.05) is 12.1 Å². The molecule has 0 bridgehead atoms. The third kappa shape index (κ3) is 2.18. The monoisotopic (exact) mass is 535 g/mol. The summed E-state index contributed by atoms with van der Waals surface area (Å²) in [5.74, 6) is 0. The van der Waals surface area contributed by atoms with Crippen LogP contribution in [0.5, 0.6) is 0 Å². The minimum atomic E-state index is -0.335. The number of anilines is 2. The molecule has 2 aliphatic heterocycles. The van der Waals surface area contributed by atoms with Gasteiger partial charge in [0.1, 0.15) is 6.17 Å². The summed E-state index contributed by atoms with van der Waals surface area (Å²) in [5, 5.41) is 2.69. The number of para-hydroxylation sites is 3. The Morgan fingerprint density at radius 3 is 1.86 bits per heavy atom. The average Bonchev–Trinajstić information content (AvgIpc) is 3.27. The zero-order valence-electron chi connectivity index (χ0n) is 22.8. The second kappa shape index (κ2) is 6.95. The van der Waals surface area contributed by atoms with Gasteiger partial charge in [-0.05, 0) is 68.8 Å². The van der Waals surface area contributed by atoms with Crippen molar-refractivity contribution in [2.75, 3.05) is 10.6 Å². The summed E-state index contributed by atoms with van der Waals surface area (Å²) in [6.45, 7) is 0. The number of fused-ring (bicyclic) bond motifs is 16. The van der Waals surface area contributed by atoms with Crippen molar-refractivity contribution < 1.29 is 0 Å². The van der Waals surface area contributed by atoms with Crippen molar-refractivity contribution in [3.63, 3.8) is 0 Å². The van der Waals surface area contributed by atoms with Crippen LogP contribution in [0.25, 0.3) is 44.1 Å². The molecule has 0 radical (unpaired) electrons. The van der Waals surface area contributed by atoms with E-state index >= 15 is 0 Å². The maximum absolute atomic E-state index is 6.51. The van der Waals surface area contributed by atoms with Gasteiger partial charge < -0.3 is 15.2 Å². The molecule has 1 saturated heterocycles. The van der Waals surface area contributed by atoms with E-state index in [4.69, 9.17) is 5.73 Å². The quantitative estimate of drug-likeness (QED) is 0.168. The van der Waals surface area contributed by atoms with Crippen LogP contribution in [0.15, 0.2) is 127 Å². The van der Waals surface area contributed by atoms with E-state index in [1.165, 1.54) is 71.9 Å². The number of rotatable bonds is 1. The maximum atomic E-state index is 6.51. The van der Waals surface area contributed by atoms with Gasteiger partial charge in [-0.1, -0.05) is 103 Å². The van der Waals surface area contributed by atoms with Crippen molar-refractivity contribution in [2.45, 2.75) is 17.6 Å².